The lowest BCUT2D eigenvalue weighted by atomic mass is 10.0. The van der Waals surface area contributed by atoms with Gasteiger partial charge in [0.1, 0.15) is 18.1 Å². The first kappa shape index (κ1) is 33.4. The van der Waals surface area contributed by atoms with Crippen molar-refractivity contribution in [2.45, 2.75) is 75.5 Å². The van der Waals surface area contributed by atoms with Crippen molar-refractivity contribution in [3.8, 4) is 0 Å². The van der Waals surface area contributed by atoms with Crippen LogP contribution in [0.4, 0.5) is 0 Å². The number of nitrogens with one attached hydrogen (secondary N) is 3. The maximum absolute atomic E-state index is 13.4. The normalized spacial score (nSPS) is 14.1. The zero-order valence-electron chi connectivity index (χ0n) is 22.2. The van der Waals surface area contributed by atoms with Crippen molar-refractivity contribution in [1.82, 2.24) is 16.0 Å². The Kier molecular flexibility index (Phi) is 17.0. The molecule has 11 nitrogen and oxygen atoms in total. The van der Waals surface area contributed by atoms with Crippen molar-refractivity contribution in [2.75, 3.05) is 25.1 Å². The maximum Gasteiger partial charge on any atom is 0.326 e. The zero-order valence-corrected chi connectivity index (χ0v) is 23.0. The summed E-state index contributed by atoms with van der Waals surface area (Å²) < 4.78 is 0. The van der Waals surface area contributed by atoms with Crippen LogP contribution in [0.25, 0.3) is 0 Å². The monoisotopic (exact) mass is 552 g/mol. The molecule has 10 N–H and O–H groups in total. The van der Waals surface area contributed by atoms with E-state index in [9.17, 15) is 24.3 Å². The molecule has 12 heteroatoms. The molecule has 4 atom stereocenters. The summed E-state index contributed by atoms with van der Waals surface area (Å²) in [6, 6.07) is 5.33. The molecular formula is C26H44N6O5S. The van der Waals surface area contributed by atoms with Gasteiger partial charge in [-0.1, -0.05) is 30.3 Å². The minimum absolute atomic E-state index is 0.196. The van der Waals surface area contributed by atoms with Crippen molar-refractivity contribution in [3.05, 3.63) is 35.9 Å². The Bertz CT molecular complexity index is 860. The highest BCUT2D eigenvalue weighted by atomic mass is 32.2. The standard InChI is InChI=1S/C26H44N6O5S/c1-38-16-13-19(29)23(33)32-22(17-18-9-3-2-4-10-18)25(35)30-20(11-5-7-14-27)24(34)31-21(26(36)37)12-6-8-15-28/h2-4,9-10,19-22H,5-8,11-17,27-29H2,1H3,(H,30,35)(H,31,34)(H,32,33)(H,36,37). The number of carbonyl (C=O) groups is 4. The topological polar surface area (TPSA) is 203 Å². The molecule has 1 aromatic rings. The van der Waals surface area contributed by atoms with Gasteiger partial charge in [-0.05, 0) is 75.6 Å². The summed E-state index contributed by atoms with van der Waals surface area (Å²) in [4.78, 5) is 50.9. The van der Waals surface area contributed by atoms with Crippen LogP contribution in [0.15, 0.2) is 30.3 Å². The number of carboxylic acids is 1. The van der Waals surface area contributed by atoms with Crippen molar-refractivity contribution >= 4 is 35.5 Å². The number of nitrogens with two attached hydrogens (primary N) is 3. The molecular weight excluding hydrogens is 508 g/mol. The Morgan fingerprint density at radius 2 is 1.32 bits per heavy atom. The Hall–Kier alpha value is -2.67. The van der Waals surface area contributed by atoms with Crippen LogP contribution in [0, 0.1) is 0 Å². The highest BCUT2D eigenvalue weighted by Gasteiger charge is 2.30. The number of unbranched alkanes of at least 4 members (excludes halogenated alkanes) is 2. The van der Waals surface area contributed by atoms with E-state index in [1.165, 1.54) is 0 Å². The van der Waals surface area contributed by atoms with Gasteiger partial charge in [0, 0.05) is 6.42 Å². The fourth-order valence-electron chi connectivity index (χ4n) is 3.77. The van der Waals surface area contributed by atoms with E-state index in [-0.39, 0.29) is 19.3 Å². The Morgan fingerprint density at radius 3 is 1.87 bits per heavy atom. The van der Waals surface area contributed by atoms with E-state index < -0.39 is 47.9 Å². The zero-order chi connectivity index (χ0) is 28.3. The van der Waals surface area contributed by atoms with E-state index in [2.05, 4.69) is 16.0 Å². The Balaban J connectivity index is 3.05. The van der Waals surface area contributed by atoms with Gasteiger partial charge in [0.2, 0.25) is 17.7 Å². The van der Waals surface area contributed by atoms with Crippen LogP contribution < -0.4 is 33.2 Å². The van der Waals surface area contributed by atoms with Crippen LogP contribution in [0.3, 0.4) is 0 Å². The summed E-state index contributed by atoms with van der Waals surface area (Å²) in [5, 5.41) is 17.6. The van der Waals surface area contributed by atoms with E-state index in [0.717, 1.165) is 5.56 Å². The molecule has 3 amide bonds. The van der Waals surface area contributed by atoms with E-state index in [1.54, 1.807) is 11.8 Å². The second-order valence-electron chi connectivity index (χ2n) is 9.17. The van der Waals surface area contributed by atoms with Crippen molar-refractivity contribution in [1.29, 1.82) is 0 Å². The third-order valence-electron chi connectivity index (χ3n) is 6.03. The number of rotatable bonds is 20. The fraction of sp³-hybridized carbons (Fsp3) is 0.615. The molecule has 0 radical (unpaired) electrons. The lowest BCUT2D eigenvalue weighted by molar-refractivity contribution is -0.142. The number of hydrogen-bond acceptors (Lipinski definition) is 8. The van der Waals surface area contributed by atoms with Gasteiger partial charge in [0.05, 0.1) is 6.04 Å². The summed E-state index contributed by atoms with van der Waals surface area (Å²) >= 11 is 1.57. The van der Waals surface area contributed by atoms with Gasteiger partial charge in [-0.3, -0.25) is 14.4 Å². The molecule has 214 valence electrons. The summed E-state index contributed by atoms with van der Waals surface area (Å²) in [7, 11) is 0. The van der Waals surface area contributed by atoms with Gasteiger partial charge in [-0.25, -0.2) is 4.79 Å². The number of benzene rings is 1. The Morgan fingerprint density at radius 1 is 0.789 bits per heavy atom. The van der Waals surface area contributed by atoms with Gasteiger partial charge >= 0.3 is 5.97 Å². The summed E-state index contributed by atoms with van der Waals surface area (Å²) in [6.45, 7) is 0.841. The van der Waals surface area contributed by atoms with E-state index in [1.807, 2.05) is 36.6 Å². The average molecular weight is 553 g/mol. The summed E-state index contributed by atoms with van der Waals surface area (Å²) in [5.41, 5.74) is 17.9. The van der Waals surface area contributed by atoms with Crippen LogP contribution in [0.5, 0.6) is 0 Å². The number of aliphatic carboxylic acids is 1. The maximum atomic E-state index is 13.4. The van der Waals surface area contributed by atoms with Gasteiger partial charge in [0.25, 0.3) is 0 Å². The van der Waals surface area contributed by atoms with Gasteiger partial charge < -0.3 is 38.3 Å². The molecule has 0 heterocycles. The van der Waals surface area contributed by atoms with Crippen molar-refractivity contribution < 1.29 is 24.3 Å². The smallest absolute Gasteiger partial charge is 0.326 e. The SMILES string of the molecule is CSCCC(N)C(=O)NC(Cc1ccccc1)C(=O)NC(CCCCN)C(=O)NC(CCCCN)C(=O)O. The minimum atomic E-state index is -1.16. The minimum Gasteiger partial charge on any atom is -0.480 e. The van der Waals surface area contributed by atoms with Crippen LogP contribution in [0.2, 0.25) is 0 Å². The fourth-order valence-corrected chi connectivity index (χ4v) is 4.26. The van der Waals surface area contributed by atoms with E-state index >= 15 is 0 Å². The first-order valence-electron chi connectivity index (χ1n) is 13.1. The highest BCUT2D eigenvalue weighted by molar-refractivity contribution is 7.98. The third-order valence-corrected chi connectivity index (χ3v) is 6.67. The molecule has 0 saturated carbocycles. The molecule has 1 rings (SSSR count). The number of amides is 3. The van der Waals surface area contributed by atoms with Gasteiger partial charge in [0.15, 0.2) is 0 Å². The van der Waals surface area contributed by atoms with Gasteiger partial charge in [-0.2, -0.15) is 11.8 Å². The molecule has 0 spiro atoms. The number of thioether (sulfide) groups is 1. The van der Waals surface area contributed by atoms with Crippen LogP contribution >= 0.6 is 11.8 Å². The number of carboxylic acid groups (broad SMARTS) is 1. The molecule has 1 aromatic carbocycles. The molecule has 0 aliphatic carbocycles. The highest BCUT2D eigenvalue weighted by Crippen LogP contribution is 2.09. The lowest BCUT2D eigenvalue weighted by Gasteiger charge is -2.25. The number of hydrogen-bond donors (Lipinski definition) is 7. The van der Waals surface area contributed by atoms with Crippen LogP contribution in [-0.2, 0) is 25.6 Å². The van der Waals surface area contributed by atoms with E-state index in [0.29, 0.717) is 50.9 Å². The molecule has 38 heavy (non-hydrogen) atoms. The largest absolute Gasteiger partial charge is 0.480 e. The van der Waals surface area contributed by atoms with Crippen LogP contribution in [-0.4, -0.2) is 78.1 Å². The second-order valence-corrected chi connectivity index (χ2v) is 10.2. The molecule has 4 unspecified atom stereocenters. The lowest BCUT2D eigenvalue weighted by Crippen LogP contribution is -2.57. The quantitative estimate of drug-likeness (QED) is 0.110. The predicted molar refractivity (Wildman–Crippen MR) is 150 cm³/mol. The van der Waals surface area contributed by atoms with E-state index in [4.69, 9.17) is 17.2 Å². The molecule has 0 bridgehead atoms. The summed E-state index contributed by atoms with van der Waals surface area (Å²) in [6.07, 6.45) is 5.42. The predicted octanol–water partition coefficient (Wildman–Crippen LogP) is 0.107. The first-order valence-corrected chi connectivity index (χ1v) is 14.4. The number of carbonyl (C=O) groups excluding carboxylic acids is 3. The molecule has 0 aliphatic heterocycles. The molecule has 0 saturated heterocycles. The van der Waals surface area contributed by atoms with Crippen LogP contribution in [0.1, 0.15) is 50.5 Å². The molecule has 0 fully saturated rings. The molecule has 0 aromatic heterocycles. The van der Waals surface area contributed by atoms with Crippen molar-refractivity contribution in [3.63, 3.8) is 0 Å². The van der Waals surface area contributed by atoms with Crippen molar-refractivity contribution in [2.24, 2.45) is 17.2 Å². The third kappa shape index (κ3) is 13.2. The summed E-state index contributed by atoms with van der Waals surface area (Å²) in [5.74, 6) is -2.07. The first-order chi connectivity index (χ1) is 18.2. The second kappa shape index (κ2) is 19.4. The molecule has 0 aliphatic rings. The average Bonchev–Trinajstić information content (AvgIpc) is 2.90. The Labute approximate surface area is 229 Å². The van der Waals surface area contributed by atoms with Gasteiger partial charge in [-0.15, -0.1) is 0 Å².